The van der Waals surface area contributed by atoms with Gasteiger partial charge in [0.1, 0.15) is 17.3 Å². The lowest BCUT2D eigenvalue weighted by Crippen LogP contribution is -2.47. The summed E-state index contributed by atoms with van der Waals surface area (Å²) in [5, 5.41) is 1.26. The Hall–Kier alpha value is -2.47. The minimum Gasteiger partial charge on any atom is -0.493 e. The van der Waals surface area contributed by atoms with Crippen LogP contribution < -0.4 is 21.1 Å². The van der Waals surface area contributed by atoms with E-state index in [4.69, 9.17) is 10.6 Å². The average molecular weight is 479 g/mol. The van der Waals surface area contributed by atoms with E-state index >= 15 is 0 Å². The molecule has 1 saturated heterocycles. The maximum absolute atomic E-state index is 13.3. The predicted molar refractivity (Wildman–Crippen MR) is 129 cm³/mol. The first-order valence-electron chi connectivity index (χ1n) is 11.3. The van der Waals surface area contributed by atoms with Gasteiger partial charge in [-0.05, 0) is 45.0 Å². The van der Waals surface area contributed by atoms with E-state index in [9.17, 15) is 13.2 Å². The van der Waals surface area contributed by atoms with Gasteiger partial charge in [-0.25, -0.2) is 19.2 Å². The SMILES string of the molecule is CCCCc1nc(-c2cc(S(=O)(=O)N3CCN(C)CC3)ccc2OCC)[nH]c(=O)c1N(C)N. The maximum Gasteiger partial charge on any atom is 0.276 e. The minimum atomic E-state index is -3.70. The second-order valence-corrected chi connectivity index (χ2v) is 10.2. The number of aromatic nitrogens is 2. The van der Waals surface area contributed by atoms with Crippen LogP contribution in [0, 0.1) is 0 Å². The molecule has 1 aromatic carbocycles. The van der Waals surface area contributed by atoms with Gasteiger partial charge in [0.25, 0.3) is 5.56 Å². The molecule has 1 aliphatic rings. The molecule has 0 aliphatic carbocycles. The van der Waals surface area contributed by atoms with Crippen molar-refractivity contribution < 1.29 is 13.2 Å². The highest BCUT2D eigenvalue weighted by Crippen LogP contribution is 2.32. The topological polar surface area (TPSA) is 125 Å². The van der Waals surface area contributed by atoms with Crippen LogP contribution >= 0.6 is 0 Å². The third-order valence-electron chi connectivity index (χ3n) is 5.69. The third-order valence-corrected chi connectivity index (χ3v) is 7.59. The van der Waals surface area contributed by atoms with Crippen LogP contribution in [0.2, 0.25) is 0 Å². The van der Waals surface area contributed by atoms with Crippen LogP contribution in [0.3, 0.4) is 0 Å². The molecule has 33 heavy (non-hydrogen) atoms. The van der Waals surface area contributed by atoms with Crippen LogP contribution in [0.25, 0.3) is 11.4 Å². The largest absolute Gasteiger partial charge is 0.493 e. The number of unbranched alkanes of at least 4 members (excludes halogenated alkanes) is 1. The molecule has 1 aliphatic heterocycles. The molecule has 2 aromatic rings. The number of aromatic amines is 1. The van der Waals surface area contributed by atoms with Crippen LogP contribution in [0.5, 0.6) is 5.75 Å². The number of hydrogen-bond acceptors (Lipinski definition) is 8. The van der Waals surface area contributed by atoms with Crippen molar-refractivity contribution in [2.24, 2.45) is 5.84 Å². The second-order valence-electron chi connectivity index (χ2n) is 8.22. The molecule has 0 bridgehead atoms. The summed E-state index contributed by atoms with van der Waals surface area (Å²) >= 11 is 0. The standard InChI is InChI=1S/C22H34N6O4S/c1-5-7-8-18-20(27(4)23)22(29)25-21(24-18)17-15-16(9-10-19(17)32-6-2)33(30,31)28-13-11-26(3)12-14-28/h9-10,15H,5-8,11-14,23H2,1-4H3,(H,24,25,29). The number of nitrogens with one attached hydrogen (secondary N) is 1. The molecule has 1 fully saturated rings. The molecule has 11 heteroatoms. The van der Waals surface area contributed by atoms with Gasteiger partial charge in [0.15, 0.2) is 0 Å². The van der Waals surface area contributed by atoms with Gasteiger partial charge in [0, 0.05) is 33.2 Å². The van der Waals surface area contributed by atoms with E-state index in [1.165, 1.54) is 15.4 Å². The Morgan fingerprint density at radius 2 is 1.91 bits per heavy atom. The Morgan fingerprint density at radius 1 is 1.21 bits per heavy atom. The van der Waals surface area contributed by atoms with E-state index < -0.39 is 10.0 Å². The first-order chi connectivity index (χ1) is 15.7. The molecule has 10 nitrogen and oxygen atoms in total. The number of ether oxygens (including phenoxy) is 1. The Balaban J connectivity index is 2.11. The van der Waals surface area contributed by atoms with Crippen molar-refractivity contribution in [2.75, 3.05) is 51.9 Å². The Labute approximate surface area is 195 Å². The third kappa shape index (κ3) is 5.55. The minimum absolute atomic E-state index is 0.142. The summed E-state index contributed by atoms with van der Waals surface area (Å²) < 4.78 is 33.9. The van der Waals surface area contributed by atoms with E-state index in [1.807, 2.05) is 14.0 Å². The van der Waals surface area contributed by atoms with Crippen molar-refractivity contribution in [1.29, 1.82) is 0 Å². The number of piperazine rings is 1. The van der Waals surface area contributed by atoms with E-state index in [0.29, 0.717) is 61.9 Å². The number of rotatable bonds is 9. The lowest BCUT2D eigenvalue weighted by Gasteiger charge is -2.31. The Kier molecular flexibility index (Phi) is 8.11. The number of anilines is 1. The molecule has 0 radical (unpaired) electrons. The van der Waals surface area contributed by atoms with Crippen molar-refractivity contribution in [3.05, 3.63) is 34.2 Å². The lowest BCUT2D eigenvalue weighted by molar-refractivity contribution is 0.222. The first kappa shape index (κ1) is 25.2. The molecular formula is C22H34N6O4S. The fraction of sp³-hybridized carbons (Fsp3) is 0.545. The normalized spacial score (nSPS) is 15.5. The average Bonchev–Trinajstić information content (AvgIpc) is 2.77. The fourth-order valence-corrected chi connectivity index (χ4v) is 5.29. The molecule has 1 aromatic heterocycles. The first-order valence-corrected chi connectivity index (χ1v) is 12.7. The summed E-state index contributed by atoms with van der Waals surface area (Å²) in [5.74, 6) is 6.60. The van der Waals surface area contributed by atoms with E-state index in [-0.39, 0.29) is 16.3 Å². The van der Waals surface area contributed by atoms with Gasteiger partial charge in [-0.3, -0.25) is 4.79 Å². The number of nitrogens with two attached hydrogens (primary N) is 1. The second kappa shape index (κ2) is 10.6. The van der Waals surface area contributed by atoms with Crippen LogP contribution in [0.1, 0.15) is 32.4 Å². The van der Waals surface area contributed by atoms with Crippen LogP contribution in [-0.4, -0.2) is 74.5 Å². The molecule has 0 atom stereocenters. The monoisotopic (exact) mass is 478 g/mol. The van der Waals surface area contributed by atoms with E-state index in [0.717, 1.165) is 12.8 Å². The number of hydrogen-bond donors (Lipinski definition) is 2. The molecule has 0 amide bonds. The molecule has 0 spiro atoms. The van der Waals surface area contributed by atoms with Crippen LogP contribution in [-0.2, 0) is 16.4 Å². The van der Waals surface area contributed by atoms with Crippen molar-refractivity contribution >= 4 is 15.7 Å². The number of likely N-dealkylation sites (N-methyl/N-ethyl adjacent to an activating group) is 1. The Bertz CT molecular complexity index is 1120. The van der Waals surface area contributed by atoms with Crippen molar-refractivity contribution in [1.82, 2.24) is 19.2 Å². The zero-order valence-corrected chi connectivity index (χ0v) is 20.6. The van der Waals surface area contributed by atoms with Crippen LogP contribution in [0.4, 0.5) is 5.69 Å². The van der Waals surface area contributed by atoms with Gasteiger partial charge in [-0.2, -0.15) is 4.31 Å². The lowest BCUT2D eigenvalue weighted by atomic mass is 10.1. The number of benzene rings is 1. The van der Waals surface area contributed by atoms with Gasteiger partial charge in [0.2, 0.25) is 10.0 Å². The van der Waals surface area contributed by atoms with Gasteiger partial charge >= 0.3 is 0 Å². The van der Waals surface area contributed by atoms with E-state index in [2.05, 4.69) is 21.8 Å². The molecule has 2 heterocycles. The zero-order valence-electron chi connectivity index (χ0n) is 19.8. The molecular weight excluding hydrogens is 444 g/mol. The predicted octanol–water partition coefficient (Wildman–Crippen LogP) is 1.42. The number of hydrazine groups is 1. The van der Waals surface area contributed by atoms with Crippen molar-refractivity contribution in [3.8, 4) is 17.1 Å². The van der Waals surface area contributed by atoms with E-state index in [1.54, 1.807) is 19.2 Å². The Morgan fingerprint density at radius 3 is 2.52 bits per heavy atom. The summed E-state index contributed by atoms with van der Waals surface area (Å²) in [6, 6.07) is 4.70. The highest BCUT2D eigenvalue weighted by Gasteiger charge is 2.29. The molecule has 0 unspecified atom stereocenters. The van der Waals surface area contributed by atoms with Gasteiger partial charge in [0.05, 0.1) is 22.8 Å². The summed E-state index contributed by atoms with van der Waals surface area (Å²) in [4.78, 5) is 22.6. The number of nitrogens with zero attached hydrogens (tertiary/aromatic N) is 4. The number of sulfonamides is 1. The fourth-order valence-electron chi connectivity index (χ4n) is 3.84. The summed E-state index contributed by atoms with van der Waals surface area (Å²) in [6.07, 6.45) is 2.35. The van der Waals surface area contributed by atoms with Crippen molar-refractivity contribution in [2.45, 2.75) is 38.0 Å². The van der Waals surface area contributed by atoms with Crippen LogP contribution in [0.15, 0.2) is 27.9 Å². The van der Waals surface area contributed by atoms with Gasteiger partial charge in [-0.15, -0.1) is 0 Å². The van der Waals surface area contributed by atoms with Gasteiger partial charge in [-0.1, -0.05) is 13.3 Å². The maximum atomic E-state index is 13.3. The van der Waals surface area contributed by atoms with Gasteiger partial charge < -0.3 is 19.6 Å². The summed E-state index contributed by atoms with van der Waals surface area (Å²) in [6.45, 7) is 6.48. The molecule has 0 saturated carbocycles. The summed E-state index contributed by atoms with van der Waals surface area (Å²) in [7, 11) is -0.135. The molecule has 3 N–H and O–H groups in total. The highest BCUT2D eigenvalue weighted by atomic mass is 32.2. The van der Waals surface area contributed by atoms with Crippen molar-refractivity contribution in [3.63, 3.8) is 0 Å². The molecule has 3 rings (SSSR count). The highest BCUT2D eigenvalue weighted by molar-refractivity contribution is 7.89. The molecule has 182 valence electrons. The quantitative estimate of drug-likeness (QED) is 0.410. The number of H-pyrrole nitrogens is 1. The smallest absolute Gasteiger partial charge is 0.276 e. The summed E-state index contributed by atoms with van der Waals surface area (Å²) in [5.41, 5.74) is 0.903. The zero-order chi connectivity index (χ0) is 24.2. The number of aryl methyl sites for hydroxylation is 1.